The number of amidine groups is 1. The van der Waals surface area contributed by atoms with E-state index in [9.17, 15) is 9.59 Å². The van der Waals surface area contributed by atoms with E-state index >= 15 is 0 Å². The number of rotatable bonds is 1. The van der Waals surface area contributed by atoms with Crippen LogP contribution in [0.1, 0.15) is 19.8 Å². The molecule has 7 heteroatoms. The van der Waals surface area contributed by atoms with Gasteiger partial charge in [0.15, 0.2) is 5.84 Å². The Balaban J connectivity index is 2.10. The molecule has 0 aromatic rings. The average molecular weight is 210 g/mol. The van der Waals surface area contributed by atoms with E-state index in [0.717, 1.165) is 5.01 Å². The van der Waals surface area contributed by atoms with Crippen molar-refractivity contribution in [2.45, 2.75) is 19.8 Å². The predicted octanol–water partition coefficient (Wildman–Crippen LogP) is -0.598. The van der Waals surface area contributed by atoms with Crippen LogP contribution >= 0.6 is 0 Å². The molecule has 2 heterocycles. The normalized spacial score (nSPS) is 20.2. The molecular formula is C8H10N4O3. The molecule has 15 heavy (non-hydrogen) atoms. The minimum atomic E-state index is -0.238. The predicted molar refractivity (Wildman–Crippen MR) is 50.7 cm³/mol. The van der Waals surface area contributed by atoms with Crippen molar-refractivity contribution in [3.63, 3.8) is 0 Å². The zero-order chi connectivity index (χ0) is 10.8. The van der Waals surface area contributed by atoms with E-state index in [2.05, 4.69) is 15.6 Å². The van der Waals surface area contributed by atoms with Crippen LogP contribution in [0.2, 0.25) is 0 Å². The van der Waals surface area contributed by atoms with E-state index < -0.39 is 0 Å². The number of carbonyl (C=O) groups is 2. The van der Waals surface area contributed by atoms with Gasteiger partial charge in [-0.25, -0.2) is 5.43 Å². The minimum Gasteiger partial charge on any atom is -0.480 e. The minimum absolute atomic E-state index is 0.0780. The number of hydrogen-bond donors (Lipinski definition) is 1. The van der Waals surface area contributed by atoms with Crippen molar-refractivity contribution in [2.75, 3.05) is 6.61 Å². The van der Waals surface area contributed by atoms with E-state index in [1.807, 2.05) is 6.92 Å². The Hall–Kier alpha value is -1.92. The van der Waals surface area contributed by atoms with Crippen LogP contribution < -0.4 is 5.43 Å². The van der Waals surface area contributed by atoms with Gasteiger partial charge in [-0.1, -0.05) is 0 Å². The maximum atomic E-state index is 11.5. The van der Waals surface area contributed by atoms with Crippen LogP contribution in [0.5, 0.6) is 0 Å². The summed E-state index contributed by atoms with van der Waals surface area (Å²) in [6.07, 6.45) is 0.204. The lowest BCUT2D eigenvalue weighted by atomic mass is 10.3. The van der Waals surface area contributed by atoms with Crippen LogP contribution in [0.3, 0.4) is 0 Å². The van der Waals surface area contributed by atoms with Crippen molar-refractivity contribution in [2.24, 2.45) is 10.2 Å². The molecule has 0 unspecified atom stereocenters. The average Bonchev–Trinajstić information content (AvgIpc) is 2.73. The Morgan fingerprint density at radius 1 is 1.47 bits per heavy atom. The number of amides is 2. The Labute approximate surface area is 85.8 Å². The van der Waals surface area contributed by atoms with Gasteiger partial charge in [0, 0.05) is 0 Å². The fourth-order valence-corrected chi connectivity index (χ4v) is 1.33. The molecule has 80 valence electrons. The molecule has 2 rings (SSSR count). The highest BCUT2D eigenvalue weighted by molar-refractivity contribution is 6.14. The quantitative estimate of drug-likeness (QED) is 0.627. The molecule has 0 aromatic heterocycles. The molecule has 2 amide bonds. The van der Waals surface area contributed by atoms with Crippen molar-refractivity contribution in [3.8, 4) is 0 Å². The third-order valence-electron chi connectivity index (χ3n) is 1.93. The fourth-order valence-electron chi connectivity index (χ4n) is 1.33. The second-order valence-electron chi connectivity index (χ2n) is 3.05. The summed E-state index contributed by atoms with van der Waals surface area (Å²) < 4.78 is 5.12. The Kier molecular flexibility index (Phi) is 2.36. The first kappa shape index (κ1) is 9.63. The summed E-state index contributed by atoms with van der Waals surface area (Å²) in [6.45, 7) is 2.28. The van der Waals surface area contributed by atoms with E-state index in [1.165, 1.54) is 0 Å². The van der Waals surface area contributed by atoms with Gasteiger partial charge in [-0.2, -0.15) is 10.1 Å². The topological polar surface area (TPSA) is 83.4 Å². The Morgan fingerprint density at radius 3 is 2.87 bits per heavy atom. The Morgan fingerprint density at radius 2 is 2.27 bits per heavy atom. The number of hydrogen-bond acceptors (Lipinski definition) is 5. The molecule has 0 saturated heterocycles. The fraction of sp³-hybridized carbons (Fsp3) is 0.500. The zero-order valence-electron chi connectivity index (χ0n) is 8.19. The second kappa shape index (κ2) is 3.68. The van der Waals surface area contributed by atoms with Crippen LogP contribution in [-0.2, 0) is 14.3 Å². The van der Waals surface area contributed by atoms with E-state index in [4.69, 9.17) is 4.74 Å². The highest BCUT2D eigenvalue weighted by atomic mass is 16.5. The smallest absolute Gasteiger partial charge is 0.258 e. The van der Waals surface area contributed by atoms with Gasteiger partial charge in [0.1, 0.15) is 6.42 Å². The number of hydrazone groups is 2. The van der Waals surface area contributed by atoms with Gasteiger partial charge in [0.25, 0.3) is 5.91 Å². The number of nitrogens with one attached hydrogen (secondary N) is 1. The summed E-state index contributed by atoms with van der Waals surface area (Å²) in [6, 6.07) is 0. The van der Waals surface area contributed by atoms with Crippen molar-refractivity contribution in [1.82, 2.24) is 10.4 Å². The van der Waals surface area contributed by atoms with Gasteiger partial charge >= 0.3 is 0 Å². The van der Waals surface area contributed by atoms with Crippen LogP contribution in [0.15, 0.2) is 10.2 Å². The van der Waals surface area contributed by atoms with Gasteiger partial charge in [0.05, 0.1) is 13.0 Å². The molecule has 0 bridgehead atoms. The summed E-state index contributed by atoms with van der Waals surface area (Å²) in [5, 5.41) is 8.75. The molecule has 2 aliphatic rings. The summed E-state index contributed by atoms with van der Waals surface area (Å²) in [4.78, 5) is 22.3. The Bertz CT molecular complexity index is 374. The maximum Gasteiger partial charge on any atom is 0.258 e. The van der Waals surface area contributed by atoms with Crippen LogP contribution in [0, 0.1) is 0 Å². The number of carbonyl (C=O) groups excluding carboxylic acids is 2. The second-order valence-corrected chi connectivity index (χ2v) is 3.05. The third-order valence-corrected chi connectivity index (χ3v) is 1.93. The van der Waals surface area contributed by atoms with Gasteiger partial charge in [-0.15, -0.1) is 5.10 Å². The molecule has 0 fully saturated rings. The summed E-state index contributed by atoms with van der Waals surface area (Å²) in [5.41, 5.74) is 2.26. The van der Waals surface area contributed by atoms with Gasteiger partial charge < -0.3 is 4.74 Å². The monoisotopic (exact) mass is 210 g/mol. The first-order valence-electron chi connectivity index (χ1n) is 4.59. The van der Waals surface area contributed by atoms with E-state index in [-0.39, 0.29) is 24.7 Å². The molecule has 1 N–H and O–H groups in total. The standard InChI is InChI=1S/C8H10N4O3/c1-2-15-7-4-8(14)12(11-7)5-3-6(13)10-9-5/h2-4H2,1H3,(H,10,13). The lowest BCUT2D eigenvalue weighted by molar-refractivity contribution is -0.125. The molecule has 0 aliphatic carbocycles. The number of ether oxygens (including phenoxy) is 1. The molecule has 7 nitrogen and oxygen atoms in total. The molecule has 0 saturated carbocycles. The largest absolute Gasteiger partial charge is 0.480 e. The van der Waals surface area contributed by atoms with Crippen molar-refractivity contribution in [1.29, 1.82) is 0 Å². The zero-order valence-corrected chi connectivity index (χ0v) is 8.19. The lowest BCUT2D eigenvalue weighted by Crippen LogP contribution is -2.27. The van der Waals surface area contributed by atoms with E-state index in [1.54, 1.807) is 0 Å². The summed E-state index contributed by atoms with van der Waals surface area (Å²) >= 11 is 0. The van der Waals surface area contributed by atoms with Crippen LogP contribution in [0.4, 0.5) is 0 Å². The molecule has 0 radical (unpaired) electrons. The van der Waals surface area contributed by atoms with Crippen LogP contribution in [0.25, 0.3) is 0 Å². The molecule has 0 spiro atoms. The van der Waals surface area contributed by atoms with Crippen LogP contribution in [-0.4, -0.2) is 35.2 Å². The molecule has 0 aromatic carbocycles. The summed E-state index contributed by atoms with van der Waals surface area (Å²) in [7, 11) is 0. The molecular weight excluding hydrogens is 200 g/mol. The highest BCUT2D eigenvalue weighted by Crippen LogP contribution is 2.13. The van der Waals surface area contributed by atoms with Crippen molar-refractivity contribution in [3.05, 3.63) is 0 Å². The SMILES string of the molecule is CCOC1=NN(C2=NNC(=O)C2)C(=O)C1. The van der Waals surface area contributed by atoms with E-state index in [0.29, 0.717) is 18.3 Å². The lowest BCUT2D eigenvalue weighted by Gasteiger charge is -2.07. The van der Waals surface area contributed by atoms with Crippen molar-refractivity contribution >= 4 is 23.5 Å². The first-order chi connectivity index (χ1) is 7.20. The third kappa shape index (κ3) is 1.80. The van der Waals surface area contributed by atoms with Gasteiger partial charge in [0.2, 0.25) is 11.8 Å². The highest BCUT2D eigenvalue weighted by Gasteiger charge is 2.32. The molecule has 0 atom stereocenters. The van der Waals surface area contributed by atoms with Gasteiger partial charge in [-0.3, -0.25) is 9.59 Å². The first-order valence-corrected chi connectivity index (χ1v) is 4.59. The summed E-state index contributed by atoms with van der Waals surface area (Å²) in [5.74, 6) is 0.218. The van der Waals surface area contributed by atoms with Crippen molar-refractivity contribution < 1.29 is 14.3 Å². The maximum absolute atomic E-state index is 11.5. The molecule has 2 aliphatic heterocycles. The number of nitrogens with zero attached hydrogens (tertiary/aromatic N) is 3. The van der Waals surface area contributed by atoms with Gasteiger partial charge in [-0.05, 0) is 6.92 Å².